The van der Waals surface area contributed by atoms with Crippen LogP contribution in [0.5, 0.6) is 5.75 Å². The molecule has 0 saturated carbocycles. The van der Waals surface area contributed by atoms with E-state index in [0.717, 1.165) is 0 Å². The van der Waals surface area contributed by atoms with Crippen LogP contribution in [0.1, 0.15) is 10.6 Å². The highest BCUT2D eigenvalue weighted by atomic mass is 35.5. The van der Waals surface area contributed by atoms with E-state index in [1.807, 2.05) is 0 Å². The second kappa shape index (κ2) is 3.86. The first-order chi connectivity index (χ1) is 7.58. The largest absolute Gasteiger partial charge is 0.508 e. The van der Waals surface area contributed by atoms with Crippen LogP contribution in [0.4, 0.5) is 0 Å². The van der Waals surface area contributed by atoms with Gasteiger partial charge in [-0.05, 0) is 18.2 Å². The van der Waals surface area contributed by atoms with Crippen LogP contribution in [0.2, 0.25) is 5.02 Å². The number of aromatic hydroxyl groups is 1. The molecule has 0 radical (unpaired) electrons. The Morgan fingerprint density at radius 3 is 2.75 bits per heavy atom. The Hall–Kier alpha value is -2.01. The van der Waals surface area contributed by atoms with E-state index in [1.54, 1.807) is 0 Å². The van der Waals surface area contributed by atoms with Gasteiger partial charge < -0.3 is 14.7 Å². The van der Waals surface area contributed by atoms with Crippen LogP contribution in [0, 0.1) is 0 Å². The molecule has 0 atom stereocenters. The quantitative estimate of drug-likeness (QED) is 0.841. The van der Waals surface area contributed by atoms with E-state index in [0.29, 0.717) is 10.6 Å². The van der Waals surface area contributed by atoms with Crippen molar-refractivity contribution in [1.29, 1.82) is 0 Å². The van der Waals surface area contributed by atoms with Crippen molar-refractivity contribution < 1.29 is 19.5 Å². The lowest BCUT2D eigenvalue weighted by molar-refractivity contribution is 0.0652. The topological polar surface area (TPSA) is 83.6 Å². The summed E-state index contributed by atoms with van der Waals surface area (Å²) in [6.45, 7) is 0. The fraction of sp³-hybridized carbons (Fsp3) is 0. The highest BCUT2D eigenvalue weighted by Gasteiger charge is 2.14. The van der Waals surface area contributed by atoms with Crippen LogP contribution in [-0.2, 0) is 0 Å². The van der Waals surface area contributed by atoms with E-state index in [-0.39, 0.29) is 17.2 Å². The number of hydrogen-bond acceptors (Lipinski definition) is 4. The van der Waals surface area contributed by atoms with Crippen molar-refractivity contribution in [1.82, 2.24) is 5.16 Å². The molecule has 2 rings (SSSR count). The van der Waals surface area contributed by atoms with Crippen LogP contribution in [0.15, 0.2) is 28.8 Å². The lowest BCUT2D eigenvalue weighted by atomic mass is 10.1. The van der Waals surface area contributed by atoms with Crippen molar-refractivity contribution in [2.45, 2.75) is 0 Å². The van der Waals surface area contributed by atoms with Gasteiger partial charge in [0.15, 0.2) is 0 Å². The molecule has 0 aliphatic rings. The predicted octanol–water partition coefficient (Wildman–Crippen LogP) is 2.40. The van der Waals surface area contributed by atoms with E-state index in [2.05, 4.69) is 9.68 Å². The molecule has 0 aliphatic heterocycles. The van der Waals surface area contributed by atoms with Gasteiger partial charge in [0.2, 0.25) is 5.76 Å². The average Bonchev–Trinajstić information content (AvgIpc) is 2.70. The number of phenols is 1. The molecule has 0 saturated heterocycles. The van der Waals surface area contributed by atoms with Gasteiger partial charge in [0.25, 0.3) is 0 Å². The van der Waals surface area contributed by atoms with Crippen molar-refractivity contribution in [2.75, 3.05) is 0 Å². The molecule has 0 aliphatic carbocycles. The zero-order valence-electron chi connectivity index (χ0n) is 7.85. The lowest BCUT2D eigenvalue weighted by Crippen LogP contribution is -1.91. The van der Waals surface area contributed by atoms with Gasteiger partial charge in [0.1, 0.15) is 11.4 Å². The smallest absolute Gasteiger partial charge is 0.374 e. The fourth-order valence-corrected chi connectivity index (χ4v) is 1.43. The first-order valence-electron chi connectivity index (χ1n) is 4.27. The molecule has 1 aromatic carbocycles. The van der Waals surface area contributed by atoms with Crippen LogP contribution >= 0.6 is 11.6 Å². The number of nitrogens with zero attached hydrogens (tertiary/aromatic N) is 1. The minimum Gasteiger partial charge on any atom is -0.508 e. The molecular weight excluding hydrogens is 234 g/mol. The second-order valence-corrected chi connectivity index (χ2v) is 3.45. The molecule has 2 N–H and O–H groups in total. The van der Waals surface area contributed by atoms with Gasteiger partial charge >= 0.3 is 5.97 Å². The molecule has 0 spiro atoms. The van der Waals surface area contributed by atoms with Gasteiger partial charge in [-0.1, -0.05) is 16.8 Å². The molecule has 2 aromatic rings. The Morgan fingerprint density at radius 2 is 2.12 bits per heavy atom. The molecular formula is C10H6ClNO4. The highest BCUT2D eigenvalue weighted by molar-refractivity contribution is 6.33. The Morgan fingerprint density at radius 1 is 1.38 bits per heavy atom. The molecule has 0 amide bonds. The van der Waals surface area contributed by atoms with Crippen LogP contribution in [0.25, 0.3) is 11.3 Å². The van der Waals surface area contributed by atoms with Gasteiger partial charge in [-0.3, -0.25) is 0 Å². The zero-order valence-corrected chi connectivity index (χ0v) is 8.60. The minimum atomic E-state index is -1.21. The van der Waals surface area contributed by atoms with Crippen molar-refractivity contribution >= 4 is 17.6 Å². The van der Waals surface area contributed by atoms with Crippen molar-refractivity contribution in [3.8, 4) is 17.0 Å². The summed E-state index contributed by atoms with van der Waals surface area (Å²) < 4.78 is 4.59. The molecule has 1 heterocycles. The van der Waals surface area contributed by atoms with E-state index < -0.39 is 5.97 Å². The number of phenolic OH excluding ortho intramolecular Hbond substituents is 1. The summed E-state index contributed by atoms with van der Waals surface area (Å²) in [5, 5.41) is 21.8. The van der Waals surface area contributed by atoms with Crippen LogP contribution < -0.4 is 0 Å². The SMILES string of the molecule is O=C(O)c1cc(-c2cc(O)ccc2Cl)no1. The maximum absolute atomic E-state index is 10.6. The molecule has 6 heteroatoms. The number of halogens is 1. The Bertz CT molecular complexity index is 550. The number of hydrogen-bond donors (Lipinski definition) is 2. The Balaban J connectivity index is 2.50. The van der Waals surface area contributed by atoms with E-state index in [1.165, 1.54) is 24.3 Å². The average molecular weight is 240 g/mol. The number of aromatic carboxylic acids is 1. The summed E-state index contributed by atoms with van der Waals surface area (Å²) in [5.41, 5.74) is 0.677. The molecule has 82 valence electrons. The molecule has 0 fully saturated rings. The Kier molecular flexibility index (Phi) is 2.54. The normalized spacial score (nSPS) is 10.3. The minimum absolute atomic E-state index is 0.0132. The molecule has 16 heavy (non-hydrogen) atoms. The number of carbonyl (C=O) groups is 1. The van der Waals surface area contributed by atoms with Gasteiger partial charge in [-0.25, -0.2) is 4.79 Å². The third-order valence-corrected chi connectivity index (χ3v) is 2.28. The first-order valence-corrected chi connectivity index (χ1v) is 4.64. The van der Waals surface area contributed by atoms with Gasteiger partial charge in [0, 0.05) is 11.6 Å². The third kappa shape index (κ3) is 1.85. The van der Waals surface area contributed by atoms with Gasteiger partial charge in [-0.15, -0.1) is 0 Å². The maximum Gasteiger partial charge on any atom is 0.374 e. The lowest BCUT2D eigenvalue weighted by Gasteiger charge is -1.99. The van der Waals surface area contributed by atoms with Gasteiger partial charge in [-0.2, -0.15) is 0 Å². The molecule has 1 aromatic heterocycles. The van der Waals surface area contributed by atoms with Crippen molar-refractivity contribution in [2.24, 2.45) is 0 Å². The van der Waals surface area contributed by atoms with Crippen molar-refractivity contribution in [3.05, 3.63) is 35.0 Å². The number of aromatic nitrogens is 1. The maximum atomic E-state index is 10.6. The first kappa shape index (κ1) is 10.5. The van der Waals surface area contributed by atoms with E-state index in [4.69, 9.17) is 16.7 Å². The molecule has 0 bridgehead atoms. The zero-order chi connectivity index (χ0) is 11.7. The summed E-state index contributed by atoms with van der Waals surface area (Å²) >= 11 is 5.88. The summed E-state index contributed by atoms with van der Waals surface area (Å²) in [6, 6.07) is 5.53. The number of rotatable bonds is 2. The van der Waals surface area contributed by atoms with Crippen molar-refractivity contribution in [3.63, 3.8) is 0 Å². The molecule has 0 unspecified atom stereocenters. The van der Waals surface area contributed by atoms with E-state index in [9.17, 15) is 9.90 Å². The number of carboxylic acids is 1. The summed E-state index contributed by atoms with van der Waals surface area (Å²) in [5.74, 6) is -1.48. The second-order valence-electron chi connectivity index (χ2n) is 3.05. The summed E-state index contributed by atoms with van der Waals surface area (Å²) in [7, 11) is 0. The third-order valence-electron chi connectivity index (χ3n) is 1.95. The monoisotopic (exact) mass is 239 g/mol. The Labute approximate surface area is 94.9 Å². The van der Waals surface area contributed by atoms with E-state index >= 15 is 0 Å². The summed E-state index contributed by atoms with van der Waals surface area (Å²) in [6.07, 6.45) is 0. The highest BCUT2D eigenvalue weighted by Crippen LogP contribution is 2.30. The van der Waals surface area contributed by atoms with Crippen LogP contribution in [0.3, 0.4) is 0 Å². The van der Waals surface area contributed by atoms with Crippen LogP contribution in [-0.4, -0.2) is 21.3 Å². The summed E-state index contributed by atoms with van der Waals surface area (Å²) in [4.78, 5) is 10.6. The molecule has 5 nitrogen and oxygen atoms in total. The van der Waals surface area contributed by atoms with Gasteiger partial charge in [0.05, 0.1) is 5.02 Å². The number of benzene rings is 1. The number of carboxylic acid groups (broad SMARTS) is 1. The standard InChI is InChI=1S/C10H6ClNO4/c11-7-2-1-5(13)3-6(7)8-4-9(10(14)15)16-12-8/h1-4,13H,(H,14,15). The predicted molar refractivity (Wildman–Crippen MR) is 55.6 cm³/mol. The fourth-order valence-electron chi connectivity index (χ4n) is 1.21.